The topological polar surface area (TPSA) is 37.3 Å². The lowest BCUT2D eigenvalue weighted by Crippen LogP contribution is -2.15. The summed E-state index contributed by atoms with van der Waals surface area (Å²) in [5.74, 6) is -0.476. The summed E-state index contributed by atoms with van der Waals surface area (Å²) in [6, 6.07) is 9.45. The van der Waals surface area contributed by atoms with Gasteiger partial charge in [-0.3, -0.25) is 4.79 Å². The number of hydrogen-bond acceptors (Lipinski definition) is 2. The molecule has 0 aliphatic heterocycles. The summed E-state index contributed by atoms with van der Waals surface area (Å²) < 4.78 is 0. The molecule has 0 radical (unpaired) electrons. The molecule has 0 aliphatic carbocycles. The molecule has 0 fully saturated rings. The standard InChI is InChI=1S/C13H18O2S/c1-3-10(2)16-9-12(13(14)15)11-7-5-4-6-8-11/h4-8,10,12H,3,9H2,1-2H3,(H,14,15). The van der Waals surface area contributed by atoms with Crippen LogP contribution in [0.4, 0.5) is 0 Å². The van der Waals surface area contributed by atoms with Crippen LogP contribution in [0, 0.1) is 0 Å². The fourth-order valence-corrected chi connectivity index (χ4v) is 2.47. The fraction of sp³-hybridized carbons (Fsp3) is 0.462. The van der Waals surface area contributed by atoms with E-state index in [-0.39, 0.29) is 5.92 Å². The van der Waals surface area contributed by atoms with Gasteiger partial charge in [0.25, 0.3) is 0 Å². The Kier molecular flexibility index (Phi) is 5.39. The summed E-state index contributed by atoms with van der Waals surface area (Å²) in [7, 11) is 0. The van der Waals surface area contributed by atoms with Crippen molar-refractivity contribution in [3.63, 3.8) is 0 Å². The number of rotatable bonds is 6. The van der Waals surface area contributed by atoms with Crippen LogP contribution in [0.2, 0.25) is 0 Å². The molecule has 0 saturated heterocycles. The zero-order valence-electron chi connectivity index (χ0n) is 9.72. The molecule has 0 bridgehead atoms. The lowest BCUT2D eigenvalue weighted by molar-refractivity contribution is -0.138. The monoisotopic (exact) mass is 238 g/mol. The van der Waals surface area contributed by atoms with Crippen LogP contribution < -0.4 is 0 Å². The Morgan fingerprint density at radius 1 is 1.38 bits per heavy atom. The van der Waals surface area contributed by atoms with Crippen LogP contribution in [0.25, 0.3) is 0 Å². The van der Waals surface area contributed by atoms with Crippen LogP contribution in [0.5, 0.6) is 0 Å². The van der Waals surface area contributed by atoms with Crippen molar-refractivity contribution in [3.05, 3.63) is 35.9 Å². The quantitative estimate of drug-likeness (QED) is 0.825. The van der Waals surface area contributed by atoms with Crippen LogP contribution in [0.1, 0.15) is 31.7 Å². The summed E-state index contributed by atoms with van der Waals surface area (Å²) in [4.78, 5) is 11.2. The second-order valence-electron chi connectivity index (χ2n) is 3.85. The van der Waals surface area contributed by atoms with Crippen LogP contribution in [0.15, 0.2) is 30.3 Å². The molecule has 3 heteroatoms. The molecule has 1 aromatic rings. The van der Waals surface area contributed by atoms with E-state index in [1.807, 2.05) is 30.3 Å². The normalized spacial score (nSPS) is 14.4. The van der Waals surface area contributed by atoms with E-state index in [1.54, 1.807) is 11.8 Å². The van der Waals surface area contributed by atoms with Crippen molar-refractivity contribution in [3.8, 4) is 0 Å². The highest BCUT2D eigenvalue weighted by atomic mass is 32.2. The lowest BCUT2D eigenvalue weighted by Gasteiger charge is -2.15. The lowest BCUT2D eigenvalue weighted by atomic mass is 10.0. The van der Waals surface area contributed by atoms with Crippen LogP contribution in [-0.2, 0) is 4.79 Å². The van der Waals surface area contributed by atoms with E-state index in [0.29, 0.717) is 11.0 Å². The number of benzene rings is 1. The molecule has 88 valence electrons. The Hall–Kier alpha value is -0.960. The Bertz CT molecular complexity index is 324. The smallest absolute Gasteiger partial charge is 0.311 e. The molecular formula is C13H18O2S. The summed E-state index contributed by atoms with van der Waals surface area (Å²) in [5, 5.41) is 9.72. The van der Waals surface area contributed by atoms with E-state index in [4.69, 9.17) is 0 Å². The van der Waals surface area contributed by atoms with E-state index in [0.717, 1.165) is 12.0 Å². The van der Waals surface area contributed by atoms with Gasteiger partial charge in [0.05, 0.1) is 5.92 Å². The van der Waals surface area contributed by atoms with Crippen molar-refractivity contribution in [1.82, 2.24) is 0 Å². The zero-order chi connectivity index (χ0) is 12.0. The van der Waals surface area contributed by atoms with E-state index in [1.165, 1.54) is 0 Å². The van der Waals surface area contributed by atoms with Gasteiger partial charge in [0.2, 0.25) is 0 Å². The molecule has 0 amide bonds. The summed E-state index contributed by atoms with van der Waals surface area (Å²) in [6.45, 7) is 4.25. The maximum atomic E-state index is 11.2. The molecule has 2 unspecified atom stereocenters. The Balaban J connectivity index is 2.66. The minimum Gasteiger partial charge on any atom is -0.481 e. The Morgan fingerprint density at radius 2 is 2.00 bits per heavy atom. The highest BCUT2D eigenvalue weighted by Gasteiger charge is 2.20. The van der Waals surface area contributed by atoms with Gasteiger partial charge in [0, 0.05) is 11.0 Å². The van der Waals surface area contributed by atoms with Gasteiger partial charge in [-0.05, 0) is 12.0 Å². The third kappa shape index (κ3) is 3.89. The molecule has 0 spiro atoms. The first-order chi connectivity index (χ1) is 7.65. The van der Waals surface area contributed by atoms with Gasteiger partial charge in [-0.2, -0.15) is 11.8 Å². The molecule has 1 rings (SSSR count). The van der Waals surface area contributed by atoms with E-state index < -0.39 is 5.97 Å². The molecule has 1 aromatic carbocycles. The molecule has 1 N–H and O–H groups in total. The van der Waals surface area contributed by atoms with Gasteiger partial charge in [0.1, 0.15) is 0 Å². The minimum atomic E-state index is -0.734. The van der Waals surface area contributed by atoms with Crippen LogP contribution in [0.3, 0.4) is 0 Å². The average Bonchev–Trinajstić information content (AvgIpc) is 2.30. The van der Waals surface area contributed by atoms with Crippen molar-refractivity contribution in [2.45, 2.75) is 31.4 Å². The van der Waals surface area contributed by atoms with Gasteiger partial charge >= 0.3 is 5.97 Å². The number of carboxylic acids is 1. The van der Waals surface area contributed by atoms with Crippen LogP contribution in [-0.4, -0.2) is 22.1 Å². The highest BCUT2D eigenvalue weighted by Crippen LogP contribution is 2.24. The molecule has 2 nitrogen and oxygen atoms in total. The second-order valence-corrected chi connectivity index (χ2v) is 5.33. The van der Waals surface area contributed by atoms with E-state index >= 15 is 0 Å². The summed E-state index contributed by atoms with van der Waals surface area (Å²) in [5.41, 5.74) is 0.894. The average molecular weight is 238 g/mol. The van der Waals surface area contributed by atoms with Gasteiger partial charge in [-0.25, -0.2) is 0 Å². The predicted molar refractivity (Wildman–Crippen MR) is 69.0 cm³/mol. The highest BCUT2D eigenvalue weighted by molar-refractivity contribution is 7.99. The number of carboxylic acid groups (broad SMARTS) is 1. The van der Waals surface area contributed by atoms with Gasteiger partial charge in [-0.15, -0.1) is 0 Å². The molecule has 2 atom stereocenters. The predicted octanol–water partition coefficient (Wildman–Crippen LogP) is 3.39. The minimum absolute atomic E-state index is 0.389. The largest absolute Gasteiger partial charge is 0.481 e. The number of hydrogen-bond donors (Lipinski definition) is 1. The fourth-order valence-electron chi connectivity index (χ4n) is 1.37. The maximum Gasteiger partial charge on any atom is 0.311 e. The SMILES string of the molecule is CCC(C)SCC(C(=O)O)c1ccccc1. The van der Waals surface area contributed by atoms with Crippen molar-refractivity contribution in [2.24, 2.45) is 0 Å². The van der Waals surface area contributed by atoms with Crippen molar-refractivity contribution in [2.75, 3.05) is 5.75 Å². The van der Waals surface area contributed by atoms with E-state index in [9.17, 15) is 9.90 Å². The van der Waals surface area contributed by atoms with Gasteiger partial charge < -0.3 is 5.11 Å². The van der Waals surface area contributed by atoms with Crippen molar-refractivity contribution >= 4 is 17.7 Å². The van der Waals surface area contributed by atoms with Crippen molar-refractivity contribution < 1.29 is 9.90 Å². The van der Waals surface area contributed by atoms with E-state index in [2.05, 4.69) is 13.8 Å². The summed E-state index contributed by atoms with van der Waals surface area (Å²) in [6.07, 6.45) is 1.08. The molecule has 0 aromatic heterocycles. The zero-order valence-corrected chi connectivity index (χ0v) is 10.5. The molecule has 0 heterocycles. The number of carbonyl (C=O) groups is 1. The Morgan fingerprint density at radius 3 is 2.50 bits per heavy atom. The van der Waals surface area contributed by atoms with Gasteiger partial charge in [-0.1, -0.05) is 44.2 Å². The molecular weight excluding hydrogens is 220 g/mol. The summed E-state index contributed by atoms with van der Waals surface area (Å²) >= 11 is 1.73. The molecule has 0 saturated carbocycles. The molecule has 0 aliphatic rings. The molecule has 16 heavy (non-hydrogen) atoms. The first-order valence-corrected chi connectivity index (χ1v) is 6.59. The Labute approximate surface area is 101 Å². The first-order valence-electron chi connectivity index (χ1n) is 5.54. The van der Waals surface area contributed by atoms with Crippen LogP contribution >= 0.6 is 11.8 Å². The third-order valence-electron chi connectivity index (χ3n) is 2.62. The van der Waals surface area contributed by atoms with Gasteiger partial charge in [0.15, 0.2) is 0 Å². The second kappa shape index (κ2) is 6.59. The number of aliphatic carboxylic acids is 1. The maximum absolute atomic E-state index is 11.2. The first kappa shape index (κ1) is 13.1. The number of thioether (sulfide) groups is 1. The van der Waals surface area contributed by atoms with Crippen molar-refractivity contribution in [1.29, 1.82) is 0 Å². The third-order valence-corrected chi connectivity index (χ3v) is 4.05.